The number of anilines is 2. The molecule has 4 rings (SSSR count). The summed E-state index contributed by atoms with van der Waals surface area (Å²) in [6.07, 6.45) is 1.15. The van der Waals surface area contributed by atoms with Crippen molar-refractivity contribution in [1.29, 1.82) is 5.26 Å². The zero-order chi connectivity index (χ0) is 21.5. The predicted molar refractivity (Wildman–Crippen MR) is 131 cm³/mol. The monoisotopic (exact) mass is 466 g/mol. The molecule has 0 aliphatic heterocycles. The van der Waals surface area contributed by atoms with Crippen LogP contribution in [0.3, 0.4) is 0 Å². The van der Waals surface area contributed by atoms with Crippen molar-refractivity contribution < 1.29 is 0 Å². The van der Waals surface area contributed by atoms with E-state index in [9.17, 15) is 5.26 Å². The van der Waals surface area contributed by atoms with Crippen LogP contribution in [0.25, 0.3) is 0 Å². The number of benzene rings is 4. The van der Waals surface area contributed by atoms with Gasteiger partial charge in [0.15, 0.2) is 0 Å². The number of hydrogen-bond acceptors (Lipinski definition) is 2. The molecule has 0 bridgehead atoms. The van der Waals surface area contributed by atoms with E-state index in [1.165, 1.54) is 16.7 Å². The quantitative estimate of drug-likeness (QED) is 0.281. The molecule has 0 aromatic heterocycles. The summed E-state index contributed by atoms with van der Waals surface area (Å²) in [5, 5.41) is 12.9. The fraction of sp³-hybridized carbons (Fsp3) is 0.107. The van der Waals surface area contributed by atoms with E-state index < -0.39 is 5.41 Å². The van der Waals surface area contributed by atoms with E-state index in [4.69, 9.17) is 0 Å². The fourth-order valence-electron chi connectivity index (χ4n) is 4.20. The molecule has 0 fully saturated rings. The van der Waals surface area contributed by atoms with E-state index in [-0.39, 0.29) is 0 Å². The number of nitriles is 1. The molecular weight excluding hydrogens is 444 g/mol. The Labute approximate surface area is 192 Å². The number of hydrogen-bond donors (Lipinski definition) is 1. The maximum absolute atomic E-state index is 9.48. The molecule has 4 aromatic carbocycles. The highest BCUT2D eigenvalue weighted by Crippen LogP contribution is 2.46. The van der Waals surface area contributed by atoms with Gasteiger partial charge in [0.05, 0.1) is 6.07 Å². The number of rotatable bonds is 7. The van der Waals surface area contributed by atoms with E-state index >= 15 is 0 Å². The third-order valence-corrected chi connectivity index (χ3v) is 6.34. The van der Waals surface area contributed by atoms with Gasteiger partial charge in [-0.2, -0.15) is 5.26 Å². The molecule has 0 aliphatic carbocycles. The summed E-state index contributed by atoms with van der Waals surface area (Å²) in [5.74, 6) is 0. The molecule has 0 radical (unpaired) electrons. The second kappa shape index (κ2) is 9.64. The Morgan fingerprint density at radius 3 is 1.87 bits per heavy atom. The minimum Gasteiger partial charge on any atom is -0.356 e. The Balaban J connectivity index is 1.84. The first kappa shape index (κ1) is 20.9. The Morgan fingerprint density at radius 2 is 1.23 bits per heavy atom. The van der Waals surface area contributed by atoms with Gasteiger partial charge in [-0.15, -0.1) is 0 Å². The lowest BCUT2D eigenvalue weighted by Gasteiger charge is -2.36. The lowest BCUT2D eigenvalue weighted by Crippen LogP contribution is -2.30. The van der Waals surface area contributed by atoms with Crippen molar-refractivity contribution in [2.24, 2.45) is 0 Å². The summed E-state index contributed by atoms with van der Waals surface area (Å²) in [4.78, 5) is 0. The van der Waals surface area contributed by atoms with E-state index in [1.54, 1.807) is 0 Å². The topological polar surface area (TPSA) is 35.8 Å². The van der Waals surface area contributed by atoms with Crippen molar-refractivity contribution in [3.8, 4) is 6.07 Å². The highest BCUT2D eigenvalue weighted by atomic mass is 79.9. The molecular formula is C28H23BrN2. The summed E-state index contributed by atoms with van der Waals surface area (Å²) in [6.45, 7) is 0. The molecule has 152 valence electrons. The standard InChI is InChI=1S/C28H23BrN2/c29-27-15-8-7-14-26(27)28(20-9-21-30,22-10-3-1-4-11-22)23-16-18-25(19-17-23)31-24-12-5-2-6-13-24/h1-8,10-19,31H,9,20H2. The van der Waals surface area contributed by atoms with Crippen molar-refractivity contribution in [1.82, 2.24) is 0 Å². The lowest BCUT2D eigenvalue weighted by atomic mass is 9.67. The van der Waals surface area contributed by atoms with Gasteiger partial charge in [0.1, 0.15) is 0 Å². The van der Waals surface area contributed by atoms with Crippen LogP contribution in [-0.4, -0.2) is 0 Å². The zero-order valence-corrected chi connectivity index (χ0v) is 18.7. The molecule has 1 unspecified atom stereocenters. The average Bonchev–Trinajstić information content (AvgIpc) is 2.83. The van der Waals surface area contributed by atoms with Gasteiger partial charge in [-0.1, -0.05) is 94.8 Å². The SMILES string of the molecule is N#CCCC(c1ccccc1)(c1ccc(Nc2ccccc2)cc1)c1ccccc1Br. The fourth-order valence-corrected chi connectivity index (χ4v) is 4.82. The first-order chi connectivity index (χ1) is 15.2. The van der Waals surface area contributed by atoms with Gasteiger partial charge in [-0.25, -0.2) is 0 Å². The summed E-state index contributed by atoms with van der Waals surface area (Å²) in [5.41, 5.74) is 5.17. The lowest BCUT2D eigenvalue weighted by molar-refractivity contribution is 0.566. The third-order valence-electron chi connectivity index (χ3n) is 5.65. The van der Waals surface area contributed by atoms with Crippen LogP contribution in [0.2, 0.25) is 0 Å². The Bertz CT molecular complexity index is 1170. The highest BCUT2D eigenvalue weighted by Gasteiger charge is 2.37. The van der Waals surface area contributed by atoms with Crippen LogP contribution in [0, 0.1) is 11.3 Å². The number of para-hydroxylation sites is 1. The van der Waals surface area contributed by atoms with Crippen molar-refractivity contribution in [2.75, 3.05) is 5.32 Å². The van der Waals surface area contributed by atoms with Crippen LogP contribution in [-0.2, 0) is 5.41 Å². The molecule has 0 saturated carbocycles. The Morgan fingerprint density at radius 1 is 0.677 bits per heavy atom. The van der Waals surface area contributed by atoms with Crippen molar-refractivity contribution >= 4 is 27.3 Å². The molecule has 0 heterocycles. The molecule has 0 aliphatic rings. The van der Waals surface area contributed by atoms with E-state index in [1.807, 2.05) is 30.3 Å². The van der Waals surface area contributed by atoms with Gasteiger partial charge in [0, 0.05) is 27.7 Å². The maximum atomic E-state index is 9.48. The molecule has 1 N–H and O–H groups in total. The molecule has 3 heteroatoms. The van der Waals surface area contributed by atoms with Crippen molar-refractivity contribution in [3.63, 3.8) is 0 Å². The number of nitrogens with zero attached hydrogens (tertiary/aromatic N) is 1. The smallest absolute Gasteiger partial charge is 0.0622 e. The number of nitrogens with one attached hydrogen (secondary N) is 1. The predicted octanol–water partition coefficient (Wildman–Crippen LogP) is 7.83. The van der Waals surface area contributed by atoms with Gasteiger partial charge in [0.2, 0.25) is 0 Å². The van der Waals surface area contributed by atoms with Crippen molar-refractivity contribution in [3.05, 3.63) is 130 Å². The van der Waals surface area contributed by atoms with E-state index in [2.05, 4.69) is 106 Å². The molecule has 1 atom stereocenters. The molecule has 0 saturated heterocycles. The summed E-state index contributed by atoms with van der Waals surface area (Å²) in [7, 11) is 0. The van der Waals surface area contributed by atoms with Gasteiger partial charge in [-0.05, 0) is 53.4 Å². The highest BCUT2D eigenvalue weighted by molar-refractivity contribution is 9.10. The minimum atomic E-state index is -0.428. The van der Waals surface area contributed by atoms with Crippen LogP contribution in [0.15, 0.2) is 114 Å². The summed E-state index contributed by atoms with van der Waals surface area (Å²) < 4.78 is 1.04. The molecule has 0 spiro atoms. The summed E-state index contributed by atoms with van der Waals surface area (Å²) >= 11 is 3.78. The van der Waals surface area contributed by atoms with Crippen LogP contribution in [0.1, 0.15) is 29.5 Å². The first-order valence-electron chi connectivity index (χ1n) is 10.3. The van der Waals surface area contributed by atoms with E-state index in [0.29, 0.717) is 12.8 Å². The molecule has 2 nitrogen and oxygen atoms in total. The first-order valence-corrected chi connectivity index (χ1v) is 11.1. The Hall–Kier alpha value is -3.35. The van der Waals surface area contributed by atoms with Gasteiger partial charge < -0.3 is 5.32 Å². The molecule has 31 heavy (non-hydrogen) atoms. The number of halogens is 1. The Kier molecular flexibility index (Phi) is 6.50. The average molecular weight is 467 g/mol. The molecule has 4 aromatic rings. The second-order valence-electron chi connectivity index (χ2n) is 7.48. The van der Waals surface area contributed by atoms with Gasteiger partial charge >= 0.3 is 0 Å². The summed E-state index contributed by atoms with van der Waals surface area (Å²) in [6, 6.07) is 39.9. The van der Waals surface area contributed by atoms with Crippen molar-refractivity contribution in [2.45, 2.75) is 18.3 Å². The second-order valence-corrected chi connectivity index (χ2v) is 8.33. The zero-order valence-electron chi connectivity index (χ0n) is 17.1. The largest absolute Gasteiger partial charge is 0.356 e. The van der Waals surface area contributed by atoms with Gasteiger partial charge in [0.25, 0.3) is 0 Å². The van der Waals surface area contributed by atoms with Crippen LogP contribution in [0.4, 0.5) is 11.4 Å². The van der Waals surface area contributed by atoms with E-state index in [0.717, 1.165) is 15.8 Å². The van der Waals surface area contributed by atoms with Crippen LogP contribution < -0.4 is 5.32 Å². The van der Waals surface area contributed by atoms with Gasteiger partial charge in [-0.3, -0.25) is 0 Å². The minimum absolute atomic E-state index is 0.428. The maximum Gasteiger partial charge on any atom is 0.0622 e. The normalized spacial score (nSPS) is 12.5. The van der Waals surface area contributed by atoms with Crippen LogP contribution in [0.5, 0.6) is 0 Å². The molecule has 0 amide bonds. The third kappa shape index (κ3) is 4.40. The van der Waals surface area contributed by atoms with Crippen LogP contribution >= 0.6 is 15.9 Å².